The van der Waals surface area contributed by atoms with E-state index >= 15 is 0 Å². The summed E-state index contributed by atoms with van der Waals surface area (Å²) >= 11 is 0. The minimum Gasteiger partial charge on any atom is -0.493 e. The summed E-state index contributed by atoms with van der Waals surface area (Å²) in [5.74, 6) is -3.82. The number of carbonyl (C=O) groups excluding carboxylic acids is 1. The van der Waals surface area contributed by atoms with Crippen LogP contribution in [0.15, 0.2) is 36.4 Å². The van der Waals surface area contributed by atoms with Crippen LogP contribution >= 0.6 is 0 Å². The Morgan fingerprint density at radius 2 is 1.77 bits per heavy atom. The molecule has 0 N–H and O–H groups in total. The maximum absolute atomic E-state index is 14.6. The lowest BCUT2D eigenvalue weighted by Gasteiger charge is -2.27. The molecule has 30 heavy (non-hydrogen) atoms. The molecule has 2 aromatic rings. The van der Waals surface area contributed by atoms with Crippen molar-refractivity contribution < 1.29 is 40.6 Å². The zero-order chi connectivity index (χ0) is 22.1. The molecule has 0 saturated carbocycles. The molecule has 1 saturated heterocycles. The van der Waals surface area contributed by atoms with E-state index in [1.165, 1.54) is 18.2 Å². The van der Waals surface area contributed by atoms with Crippen molar-refractivity contribution in [1.29, 1.82) is 0 Å². The molecule has 1 amide bonds. The Kier molecular flexibility index (Phi) is 6.14. The van der Waals surface area contributed by atoms with E-state index in [1.54, 1.807) is 6.92 Å². The van der Waals surface area contributed by atoms with Crippen molar-refractivity contribution in [2.45, 2.75) is 38.5 Å². The second-order valence-electron chi connectivity index (χ2n) is 6.58. The molecule has 3 rings (SSSR count). The lowest BCUT2D eigenvalue weighted by molar-refractivity contribution is -0.274. The average molecular weight is 433 g/mol. The minimum atomic E-state index is -4.86. The van der Waals surface area contributed by atoms with Crippen molar-refractivity contribution in [3.63, 3.8) is 0 Å². The number of carbonyl (C=O) groups is 1. The quantitative estimate of drug-likeness (QED) is 0.597. The number of likely N-dealkylation sites (tertiary alicyclic amines) is 1. The van der Waals surface area contributed by atoms with Crippen molar-refractivity contribution >= 4 is 5.91 Å². The molecular weight excluding hydrogens is 416 g/mol. The largest absolute Gasteiger partial charge is 0.573 e. The van der Waals surface area contributed by atoms with Crippen LogP contribution in [0, 0.1) is 11.6 Å². The Labute approximate surface area is 168 Å². The van der Waals surface area contributed by atoms with Gasteiger partial charge in [0.1, 0.15) is 11.5 Å². The van der Waals surface area contributed by atoms with Crippen LogP contribution in [0.3, 0.4) is 0 Å². The van der Waals surface area contributed by atoms with E-state index in [4.69, 9.17) is 4.74 Å². The first-order valence-electron chi connectivity index (χ1n) is 9.00. The predicted molar refractivity (Wildman–Crippen MR) is 93.5 cm³/mol. The number of alkyl halides is 4. The molecule has 1 aliphatic rings. The van der Waals surface area contributed by atoms with Crippen molar-refractivity contribution in [2.75, 3.05) is 6.61 Å². The number of hydrogen-bond acceptors (Lipinski definition) is 3. The van der Waals surface area contributed by atoms with Crippen LogP contribution in [0.5, 0.6) is 11.5 Å². The lowest BCUT2D eigenvalue weighted by Crippen LogP contribution is -2.30. The van der Waals surface area contributed by atoms with Gasteiger partial charge in [-0.05, 0) is 36.8 Å². The molecule has 1 aliphatic heterocycles. The van der Waals surface area contributed by atoms with Gasteiger partial charge in [-0.25, -0.2) is 13.2 Å². The molecule has 0 unspecified atom stereocenters. The normalized spacial score (nSPS) is 19.3. The van der Waals surface area contributed by atoms with Crippen molar-refractivity contribution in [1.82, 2.24) is 4.90 Å². The number of amides is 1. The van der Waals surface area contributed by atoms with Gasteiger partial charge in [-0.2, -0.15) is 0 Å². The number of hydrogen-bond donors (Lipinski definition) is 0. The maximum Gasteiger partial charge on any atom is 0.573 e. The molecule has 1 heterocycles. The van der Waals surface area contributed by atoms with Gasteiger partial charge in [0, 0.05) is 13.0 Å². The number of ether oxygens (including phenoxy) is 2. The summed E-state index contributed by atoms with van der Waals surface area (Å²) in [7, 11) is 0. The third-order valence-electron chi connectivity index (χ3n) is 4.59. The fraction of sp³-hybridized carbons (Fsp3) is 0.350. The molecule has 1 fully saturated rings. The zero-order valence-electron chi connectivity index (χ0n) is 15.7. The first-order chi connectivity index (χ1) is 14.1. The van der Waals surface area contributed by atoms with E-state index in [1.807, 2.05) is 0 Å². The molecule has 0 bridgehead atoms. The monoisotopic (exact) mass is 433 g/mol. The molecule has 0 aliphatic carbocycles. The molecule has 0 aromatic heterocycles. The topological polar surface area (TPSA) is 38.8 Å². The predicted octanol–water partition coefficient (Wildman–Crippen LogP) is 5.07. The standard InChI is InChI=1S/C20H17F6NO3/c1-2-29-16-8-7-13(21)18(23)17(16)15-9-14(22)19(28)27(15)10-11-3-5-12(6-4-11)30-20(24,25)26/h3-8,14-15H,2,9-10H2,1H3/t14-,15-/m0/s1. The smallest absolute Gasteiger partial charge is 0.493 e. The number of benzene rings is 2. The third-order valence-corrected chi connectivity index (χ3v) is 4.59. The van der Waals surface area contributed by atoms with E-state index in [9.17, 15) is 31.1 Å². The highest BCUT2D eigenvalue weighted by Gasteiger charge is 2.43. The summed E-state index contributed by atoms with van der Waals surface area (Å²) in [6.07, 6.45) is -7.20. The zero-order valence-corrected chi connectivity index (χ0v) is 15.7. The Morgan fingerprint density at radius 1 is 1.10 bits per heavy atom. The Bertz CT molecular complexity index is 916. The average Bonchev–Trinajstić information content (AvgIpc) is 2.93. The summed E-state index contributed by atoms with van der Waals surface area (Å²) in [5, 5.41) is 0. The van der Waals surface area contributed by atoms with Gasteiger partial charge in [-0.1, -0.05) is 12.1 Å². The second-order valence-corrected chi connectivity index (χ2v) is 6.58. The first kappa shape index (κ1) is 21.8. The summed E-state index contributed by atoms with van der Waals surface area (Å²) in [6, 6.07) is 5.55. The van der Waals surface area contributed by atoms with Gasteiger partial charge in [-0.3, -0.25) is 4.79 Å². The van der Waals surface area contributed by atoms with Crippen molar-refractivity contribution in [2.24, 2.45) is 0 Å². The van der Waals surface area contributed by atoms with E-state index in [2.05, 4.69) is 4.74 Å². The van der Waals surface area contributed by atoms with Crippen LogP contribution in [-0.2, 0) is 11.3 Å². The van der Waals surface area contributed by atoms with Crippen LogP contribution in [0.4, 0.5) is 26.3 Å². The Morgan fingerprint density at radius 3 is 2.37 bits per heavy atom. The van der Waals surface area contributed by atoms with Gasteiger partial charge in [0.25, 0.3) is 5.91 Å². The molecule has 2 aromatic carbocycles. The van der Waals surface area contributed by atoms with Crippen LogP contribution < -0.4 is 9.47 Å². The molecule has 162 valence electrons. The molecule has 4 nitrogen and oxygen atoms in total. The Hall–Kier alpha value is -2.91. The van der Waals surface area contributed by atoms with E-state index in [-0.39, 0.29) is 24.5 Å². The fourth-order valence-electron chi connectivity index (χ4n) is 3.35. The maximum atomic E-state index is 14.6. The molecule has 10 heteroatoms. The third kappa shape index (κ3) is 4.63. The number of halogens is 6. The van der Waals surface area contributed by atoms with Crippen LogP contribution in [0.25, 0.3) is 0 Å². The van der Waals surface area contributed by atoms with E-state index < -0.39 is 48.3 Å². The molecule has 0 radical (unpaired) electrons. The lowest BCUT2D eigenvalue weighted by atomic mass is 10.0. The SMILES string of the molecule is CCOc1ccc(F)c(F)c1[C@@H]1C[C@H](F)C(=O)N1Cc1ccc(OC(F)(F)F)cc1. The number of rotatable bonds is 6. The fourth-order valence-corrected chi connectivity index (χ4v) is 3.35. The molecular formula is C20H17F6NO3. The first-order valence-corrected chi connectivity index (χ1v) is 9.00. The van der Waals surface area contributed by atoms with Gasteiger partial charge in [0.05, 0.1) is 18.2 Å². The van der Waals surface area contributed by atoms with E-state index in [0.717, 1.165) is 23.1 Å². The minimum absolute atomic E-state index is 0.0118. The van der Waals surface area contributed by atoms with Crippen LogP contribution in [0.2, 0.25) is 0 Å². The van der Waals surface area contributed by atoms with Gasteiger partial charge >= 0.3 is 6.36 Å². The highest BCUT2D eigenvalue weighted by molar-refractivity contribution is 5.84. The van der Waals surface area contributed by atoms with Gasteiger partial charge in [-0.15, -0.1) is 13.2 Å². The van der Waals surface area contributed by atoms with Crippen molar-refractivity contribution in [3.05, 3.63) is 59.2 Å². The van der Waals surface area contributed by atoms with Crippen molar-refractivity contribution in [3.8, 4) is 11.5 Å². The highest BCUT2D eigenvalue weighted by Crippen LogP contribution is 2.42. The highest BCUT2D eigenvalue weighted by atomic mass is 19.4. The van der Waals surface area contributed by atoms with Crippen LogP contribution in [0.1, 0.15) is 30.5 Å². The summed E-state index contributed by atoms with van der Waals surface area (Å²) < 4.78 is 88.6. The van der Waals surface area contributed by atoms with Crippen LogP contribution in [-0.4, -0.2) is 29.9 Å². The van der Waals surface area contributed by atoms with Gasteiger partial charge in [0.15, 0.2) is 17.8 Å². The summed E-state index contributed by atoms with van der Waals surface area (Å²) in [5.41, 5.74) is 0.0779. The molecule has 2 atom stereocenters. The molecule has 0 spiro atoms. The second kappa shape index (κ2) is 8.45. The summed E-state index contributed by atoms with van der Waals surface area (Å²) in [6.45, 7) is 1.54. The van der Waals surface area contributed by atoms with Gasteiger partial charge in [0.2, 0.25) is 0 Å². The Balaban J connectivity index is 1.90. The summed E-state index contributed by atoms with van der Waals surface area (Å²) in [4.78, 5) is 13.4. The number of nitrogens with zero attached hydrogens (tertiary/aromatic N) is 1. The van der Waals surface area contributed by atoms with E-state index in [0.29, 0.717) is 5.56 Å². The van der Waals surface area contributed by atoms with Gasteiger partial charge < -0.3 is 14.4 Å².